The Morgan fingerprint density at radius 1 is 1.82 bits per heavy atom. The molecule has 1 rings (SSSR count). The highest BCUT2D eigenvalue weighted by Crippen LogP contribution is 2.39. The Labute approximate surface area is 64.8 Å². The first-order chi connectivity index (χ1) is 5.06. The van der Waals surface area contributed by atoms with Crippen LogP contribution in [-0.4, -0.2) is 17.2 Å². The van der Waals surface area contributed by atoms with E-state index in [1.165, 1.54) is 0 Å². The third-order valence-electron chi connectivity index (χ3n) is 1.99. The van der Waals surface area contributed by atoms with Crippen LogP contribution >= 0.6 is 0 Å². The predicted molar refractivity (Wildman–Crippen MR) is 37.9 cm³/mol. The molecule has 0 aliphatic heterocycles. The van der Waals surface area contributed by atoms with Gasteiger partial charge in [-0.3, -0.25) is 0 Å². The quantitative estimate of drug-likeness (QED) is 0.590. The second kappa shape index (κ2) is 2.42. The summed E-state index contributed by atoms with van der Waals surface area (Å²) in [4.78, 5) is 10.1. The number of nitrogens with one attached hydrogen (secondary N) is 1. The van der Waals surface area contributed by atoms with Gasteiger partial charge in [-0.25, -0.2) is 4.79 Å². The summed E-state index contributed by atoms with van der Waals surface area (Å²) >= 11 is 0. The van der Waals surface area contributed by atoms with Gasteiger partial charge in [-0.15, -0.1) is 0 Å². The number of nitriles is 1. The van der Waals surface area contributed by atoms with Crippen LogP contribution < -0.4 is 5.32 Å². The zero-order valence-corrected chi connectivity index (χ0v) is 6.29. The molecule has 1 fully saturated rings. The first-order valence-corrected chi connectivity index (χ1v) is 3.46. The summed E-state index contributed by atoms with van der Waals surface area (Å²) in [5.74, 6) is 0. The number of hydrogen-bond donors (Lipinski definition) is 2. The molecule has 1 saturated carbocycles. The Morgan fingerprint density at radius 3 is 2.73 bits per heavy atom. The molecule has 0 saturated heterocycles. The van der Waals surface area contributed by atoms with Crippen LogP contribution in [0.25, 0.3) is 0 Å². The minimum absolute atomic E-state index is 0.0165. The van der Waals surface area contributed by atoms with Crippen molar-refractivity contribution in [1.29, 1.82) is 5.26 Å². The second-order valence-electron chi connectivity index (χ2n) is 3.23. The largest absolute Gasteiger partial charge is 0.465 e. The van der Waals surface area contributed by atoms with Crippen LogP contribution in [0.3, 0.4) is 0 Å². The number of amides is 1. The average Bonchev–Trinajstić information content (AvgIpc) is 1.83. The topological polar surface area (TPSA) is 73.1 Å². The zero-order valence-electron chi connectivity index (χ0n) is 6.29. The van der Waals surface area contributed by atoms with Gasteiger partial charge in [-0.1, -0.05) is 0 Å². The summed E-state index contributed by atoms with van der Waals surface area (Å²) in [6, 6.07) is 2.13. The lowest BCUT2D eigenvalue weighted by Gasteiger charge is -2.39. The fraction of sp³-hybridized carbons (Fsp3) is 0.714. The predicted octanol–water partition coefficient (Wildman–Crippen LogP) is 0.946. The number of carboxylic acid groups (broad SMARTS) is 1. The van der Waals surface area contributed by atoms with E-state index in [0.29, 0.717) is 12.8 Å². The smallest absolute Gasteiger partial charge is 0.404 e. The van der Waals surface area contributed by atoms with Gasteiger partial charge in [0, 0.05) is 6.04 Å². The molecule has 0 aromatic carbocycles. The van der Waals surface area contributed by atoms with Gasteiger partial charge in [0.25, 0.3) is 0 Å². The average molecular weight is 154 g/mol. The van der Waals surface area contributed by atoms with Gasteiger partial charge in [0.2, 0.25) is 0 Å². The van der Waals surface area contributed by atoms with Crippen molar-refractivity contribution >= 4 is 6.09 Å². The number of hydrogen-bond acceptors (Lipinski definition) is 2. The molecule has 0 aromatic rings. The molecule has 0 unspecified atom stereocenters. The van der Waals surface area contributed by atoms with Crippen molar-refractivity contribution in [3.63, 3.8) is 0 Å². The van der Waals surface area contributed by atoms with Crippen LogP contribution in [0.15, 0.2) is 0 Å². The fourth-order valence-electron chi connectivity index (χ4n) is 1.40. The summed E-state index contributed by atoms with van der Waals surface area (Å²) in [5, 5.41) is 19.2. The zero-order chi connectivity index (χ0) is 8.48. The van der Waals surface area contributed by atoms with Crippen molar-refractivity contribution in [2.45, 2.75) is 25.8 Å². The molecule has 11 heavy (non-hydrogen) atoms. The highest BCUT2D eigenvalue weighted by atomic mass is 16.4. The van der Waals surface area contributed by atoms with E-state index in [1.807, 2.05) is 6.92 Å². The van der Waals surface area contributed by atoms with Crippen molar-refractivity contribution in [3.8, 4) is 6.07 Å². The van der Waals surface area contributed by atoms with E-state index in [0.717, 1.165) is 0 Å². The number of rotatable bonds is 1. The van der Waals surface area contributed by atoms with E-state index >= 15 is 0 Å². The maximum Gasteiger partial charge on any atom is 0.404 e. The lowest BCUT2D eigenvalue weighted by atomic mass is 9.68. The van der Waals surface area contributed by atoms with E-state index in [4.69, 9.17) is 10.4 Å². The third kappa shape index (κ3) is 1.61. The van der Waals surface area contributed by atoms with Crippen LogP contribution in [0, 0.1) is 16.7 Å². The van der Waals surface area contributed by atoms with Gasteiger partial charge in [-0.2, -0.15) is 5.26 Å². The molecule has 4 nitrogen and oxygen atoms in total. The van der Waals surface area contributed by atoms with E-state index in [1.54, 1.807) is 0 Å². The SMILES string of the molecule is CC1(C#N)CC(NC(=O)O)C1. The fourth-order valence-corrected chi connectivity index (χ4v) is 1.40. The van der Waals surface area contributed by atoms with Crippen molar-refractivity contribution in [3.05, 3.63) is 0 Å². The van der Waals surface area contributed by atoms with Gasteiger partial charge in [0.05, 0.1) is 11.5 Å². The molecular formula is C7H10N2O2. The highest BCUT2D eigenvalue weighted by Gasteiger charge is 2.41. The van der Waals surface area contributed by atoms with E-state index < -0.39 is 6.09 Å². The van der Waals surface area contributed by atoms with Crippen LogP contribution in [0.4, 0.5) is 4.79 Å². The Kier molecular flexibility index (Phi) is 1.73. The monoisotopic (exact) mass is 154 g/mol. The van der Waals surface area contributed by atoms with Crippen molar-refractivity contribution in [1.82, 2.24) is 5.32 Å². The summed E-state index contributed by atoms with van der Waals surface area (Å²) in [5.41, 5.74) is -0.298. The Morgan fingerprint density at radius 2 is 2.36 bits per heavy atom. The number of carbonyl (C=O) groups is 1. The third-order valence-corrected chi connectivity index (χ3v) is 1.99. The van der Waals surface area contributed by atoms with Crippen LogP contribution in [0.5, 0.6) is 0 Å². The first kappa shape index (κ1) is 7.86. The minimum atomic E-state index is -1.00. The highest BCUT2D eigenvalue weighted by molar-refractivity contribution is 5.65. The van der Waals surface area contributed by atoms with Crippen molar-refractivity contribution < 1.29 is 9.90 Å². The lowest BCUT2D eigenvalue weighted by Crippen LogP contribution is -2.48. The van der Waals surface area contributed by atoms with Gasteiger partial charge in [-0.05, 0) is 19.8 Å². The molecule has 1 aliphatic rings. The molecule has 1 aliphatic carbocycles. The molecule has 0 bridgehead atoms. The maximum absolute atomic E-state index is 10.1. The van der Waals surface area contributed by atoms with E-state index in [2.05, 4.69) is 11.4 Å². The van der Waals surface area contributed by atoms with Crippen LogP contribution in [-0.2, 0) is 0 Å². The van der Waals surface area contributed by atoms with E-state index in [9.17, 15) is 4.79 Å². The van der Waals surface area contributed by atoms with E-state index in [-0.39, 0.29) is 11.5 Å². The molecule has 0 heterocycles. The Balaban J connectivity index is 2.31. The molecule has 2 N–H and O–H groups in total. The summed E-state index contributed by atoms with van der Waals surface area (Å²) in [6.07, 6.45) is 0.265. The summed E-state index contributed by atoms with van der Waals surface area (Å²) < 4.78 is 0. The van der Waals surface area contributed by atoms with Crippen molar-refractivity contribution in [2.75, 3.05) is 0 Å². The summed E-state index contributed by atoms with van der Waals surface area (Å²) in [6.45, 7) is 1.84. The Hall–Kier alpha value is -1.24. The van der Waals surface area contributed by atoms with Crippen molar-refractivity contribution in [2.24, 2.45) is 5.41 Å². The molecular weight excluding hydrogens is 144 g/mol. The van der Waals surface area contributed by atoms with Crippen LogP contribution in [0.2, 0.25) is 0 Å². The second-order valence-corrected chi connectivity index (χ2v) is 3.23. The van der Waals surface area contributed by atoms with Gasteiger partial charge < -0.3 is 10.4 Å². The molecule has 0 aromatic heterocycles. The molecule has 4 heteroatoms. The molecule has 0 spiro atoms. The number of nitrogens with zero attached hydrogens (tertiary/aromatic N) is 1. The maximum atomic E-state index is 10.1. The lowest BCUT2D eigenvalue weighted by molar-refractivity contribution is 0.144. The molecule has 60 valence electrons. The van der Waals surface area contributed by atoms with Gasteiger partial charge in [0.1, 0.15) is 0 Å². The van der Waals surface area contributed by atoms with Gasteiger partial charge in [0.15, 0.2) is 0 Å². The standard InChI is InChI=1S/C7H10N2O2/c1-7(4-8)2-5(3-7)9-6(10)11/h5,9H,2-3H2,1H3,(H,10,11). The minimum Gasteiger partial charge on any atom is -0.465 e. The Bertz CT molecular complexity index is 213. The molecule has 1 amide bonds. The first-order valence-electron chi connectivity index (χ1n) is 3.46. The normalized spacial score (nSPS) is 35.1. The van der Waals surface area contributed by atoms with Gasteiger partial charge >= 0.3 is 6.09 Å². The molecule has 0 radical (unpaired) electrons. The molecule has 0 atom stereocenters. The summed E-state index contributed by atoms with van der Waals surface area (Å²) in [7, 11) is 0. The van der Waals surface area contributed by atoms with Crippen LogP contribution in [0.1, 0.15) is 19.8 Å².